The van der Waals surface area contributed by atoms with Gasteiger partial charge in [-0.25, -0.2) is 0 Å². The smallest absolute Gasteiger partial charge is 0.550 e. The molecule has 12 nitrogen and oxygen atoms in total. The van der Waals surface area contributed by atoms with Crippen LogP contribution in [0.2, 0.25) is 0 Å². The average Bonchev–Trinajstić information content (AvgIpc) is 2.35. The van der Waals surface area contributed by atoms with Crippen molar-refractivity contribution in [2.45, 2.75) is 12.8 Å². The summed E-state index contributed by atoms with van der Waals surface area (Å²) in [5, 5.41) is 59.3. The Hall–Kier alpha value is 0.0792. The third-order valence-corrected chi connectivity index (χ3v) is 1.78. The Morgan fingerprint density at radius 3 is 0.852 bits per heavy atom. The molecule has 0 saturated heterocycles. The third kappa shape index (κ3) is 26.1. The second-order valence-corrected chi connectivity index (χ2v) is 3.65. The molecule has 0 N–H and O–H groups in total. The minimum absolute atomic E-state index is 0. The Kier molecular flexibility index (Phi) is 29.1. The molecular weight excluding hydrogens is 456 g/mol. The van der Waals surface area contributed by atoms with E-state index in [4.69, 9.17) is 0 Å². The van der Waals surface area contributed by atoms with E-state index in [0.717, 1.165) is 0 Å². The summed E-state index contributed by atoms with van der Waals surface area (Å²) in [5.41, 5.74) is -1.79. The molecule has 15 heteroatoms. The van der Waals surface area contributed by atoms with Gasteiger partial charge in [0.15, 0.2) is 0 Å². The van der Waals surface area contributed by atoms with Gasteiger partial charge in [0.05, 0.1) is 23.9 Å². The molecule has 0 rings (SSSR count). The molecule has 0 unspecified atom stereocenters. The van der Waals surface area contributed by atoms with Gasteiger partial charge >= 0.3 is 113 Å². The number of carbonyl (C=O) groups is 6. The summed E-state index contributed by atoms with van der Waals surface area (Å²) < 4.78 is 0. The van der Waals surface area contributed by atoms with Crippen molar-refractivity contribution < 1.29 is 59.4 Å². The quantitative estimate of drug-likeness (QED) is 0.241. The Bertz CT molecular complexity index is 569. The van der Waals surface area contributed by atoms with E-state index >= 15 is 0 Å². The molecule has 0 heterocycles. The summed E-state index contributed by atoms with van der Waals surface area (Å²) in [4.78, 5) is 59.3. The maximum absolute atomic E-state index is 10.0. The summed E-state index contributed by atoms with van der Waals surface area (Å²) in [7, 11) is 0. The first-order valence-electron chi connectivity index (χ1n) is 5.52. The summed E-state index contributed by atoms with van der Waals surface area (Å²) >= 11 is 0. The van der Waals surface area contributed by atoms with Gasteiger partial charge in [-0.3, -0.25) is 0 Å². The van der Waals surface area contributed by atoms with Crippen LogP contribution in [0.4, 0.5) is 0 Å². The molecule has 0 spiro atoms. The van der Waals surface area contributed by atoms with Gasteiger partial charge in [0.2, 0.25) is 0 Å². The molecule has 0 amide bonds. The van der Waals surface area contributed by atoms with Crippen molar-refractivity contribution in [3.05, 3.63) is 23.3 Å². The van der Waals surface area contributed by atoms with Crippen molar-refractivity contribution in [1.29, 1.82) is 0 Å². The monoisotopic (exact) mass is 462 g/mol. The van der Waals surface area contributed by atoms with Gasteiger partial charge in [-0.2, -0.15) is 0 Å². The number of aliphatic carboxylic acids is 6. The van der Waals surface area contributed by atoms with Crippen molar-refractivity contribution in [3.63, 3.8) is 0 Å². The molecule has 0 aromatic heterocycles. The predicted octanol–water partition coefficient (Wildman–Crippen LogP) is -10.0. The Balaban J connectivity index is -0.000000108. The van der Waals surface area contributed by atoms with Gasteiger partial charge < -0.3 is 59.4 Å². The van der Waals surface area contributed by atoms with Gasteiger partial charge in [0, 0.05) is 24.8 Å². The third-order valence-electron chi connectivity index (χ3n) is 1.78. The summed E-state index contributed by atoms with van der Waals surface area (Å²) in [5.74, 6) is -10.7. The minimum atomic E-state index is -1.87. The Morgan fingerprint density at radius 1 is 0.519 bits per heavy atom. The first-order chi connectivity index (χ1) is 10.9. The molecule has 0 aromatic carbocycles. The minimum Gasteiger partial charge on any atom is -0.550 e. The molecule has 0 aliphatic rings. The van der Waals surface area contributed by atoms with Crippen molar-refractivity contribution in [2.75, 3.05) is 0 Å². The zero-order chi connectivity index (χ0) is 19.4. The summed E-state index contributed by atoms with van der Waals surface area (Å²) in [6.45, 7) is 0. The molecule has 27 heavy (non-hydrogen) atoms. The summed E-state index contributed by atoms with van der Waals surface area (Å²) in [6, 6.07) is 0. The number of rotatable bonds is 8. The molecule has 0 radical (unpaired) electrons. The van der Waals surface area contributed by atoms with E-state index in [9.17, 15) is 59.4 Å². The topological polar surface area (TPSA) is 241 Å². The van der Waals surface area contributed by atoms with E-state index in [-0.39, 0.29) is 125 Å². The Morgan fingerprint density at radius 2 is 0.741 bits per heavy atom. The SMILES string of the molecule is O=C([O-])/C=C(\CC(=O)[O-])C(=O)[O-].O=C([O-])/C=C(\CC(=O)[O-])C(=O)[O-].[Ca+2].[Ca+2].[Ca+2]. The fourth-order valence-electron chi connectivity index (χ4n) is 0.960. The number of hydrogen-bond donors (Lipinski definition) is 0. The standard InChI is InChI=1S/2C6H6O6.3Ca/c2*7-4(8)1-3(6(11)12)2-5(9)10;;;/h2*1H,2H2,(H,7,8)(H,9,10)(H,11,12);;;/q;;3*+2/p-6/b2*3-1+;;;. The van der Waals surface area contributed by atoms with Crippen LogP contribution in [0.25, 0.3) is 0 Å². The zero-order valence-electron chi connectivity index (χ0n) is 13.6. The summed E-state index contributed by atoms with van der Waals surface area (Å²) in [6.07, 6.45) is -1.75. The first kappa shape index (κ1) is 37.8. The van der Waals surface area contributed by atoms with Crippen LogP contribution in [-0.4, -0.2) is 149 Å². The van der Waals surface area contributed by atoms with Crippen LogP contribution in [0, 0.1) is 0 Å². The molecule has 0 bridgehead atoms. The van der Waals surface area contributed by atoms with Crippen LogP contribution in [0.1, 0.15) is 12.8 Å². The van der Waals surface area contributed by atoms with E-state index in [1.165, 1.54) is 0 Å². The number of carboxylic acids is 6. The van der Waals surface area contributed by atoms with Gasteiger partial charge in [-0.1, -0.05) is 0 Å². The van der Waals surface area contributed by atoms with Crippen LogP contribution >= 0.6 is 0 Å². The molecule has 0 atom stereocenters. The van der Waals surface area contributed by atoms with E-state index in [2.05, 4.69) is 0 Å². The first-order valence-corrected chi connectivity index (χ1v) is 5.52. The zero-order valence-corrected chi connectivity index (χ0v) is 20.2. The van der Waals surface area contributed by atoms with Gasteiger partial charge in [0.1, 0.15) is 0 Å². The molecule has 0 aliphatic heterocycles. The van der Waals surface area contributed by atoms with Gasteiger partial charge in [-0.05, 0) is 23.3 Å². The average molecular weight is 462 g/mol. The van der Waals surface area contributed by atoms with Crippen LogP contribution in [-0.2, 0) is 28.8 Å². The van der Waals surface area contributed by atoms with E-state index in [1.807, 2.05) is 0 Å². The fourth-order valence-corrected chi connectivity index (χ4v) is 0.960. The molecular formula is C12H6Ca3O12. The number of carboxylic acid groups (broad SMARTS) is 6. The predicted molar refractivity (Wildman–Crippen MR) is 72.7 cm³/mol. The van der Waals surface area contributed by atoms with Crippen molar-refractivity contribution in [3.8, 4) is 0 Å². The number of hydrogen-bond acceptors (Lipinski definition) is 12. The fraction of sp³-hybridized carbons (Fsp3) is 0.167. The molecule has 0 saturated carbocycles. The normalized spacial score (nSPS) is 9.63. The second-order valence-electron chi connectivity index (χ2n) is 3.65. The Labute approximate surface area is 240 Å². The van der Waals surface area contributed by atoms with Crippen molar-refractivity contribution in [2.24, 2.45) is 0 Å². The van der Waals surface area contributed by atoms with E-state index in [0.29, 0.717) is 0 Å². The van der Waals surface area contributed by atoms with Gasteiger partial charge in [-0.15, -0.1) is 0 Å². The van der Waals surface area contributed by atoms with Crippen LogP contribution in [0.15, 0.2) is 23.3 Å². The maximum Gasteiger partial charge on any atom is 2.00 e. The van der Waals surface area contributed by atoms with Crippen molar-refractivity contribution >= 4 is 149 Å². The maximum atomic E-state index is 10.0. The second kappa shape index (κ2) is 20.8. The largest absolute Gasteiger partial charge is 2.00 e. The van der Waals surface area contributed by atoms with E-state index < -0.39 is 59.8 Å². The van der Waals surface area contributed by atoms with Gasteiger partial charge in [0.25, 0.3) is 0 Å². The molecule has 0 fully saturated rings. The van der Waals surface area contributed by atoms with Crippen LogP contribution < -0.4 is 30.6 Å². The molecule has 132 valence electrons. The van der Waals surface area contributed by atoms with E-state index in [1.54, 1.807) is 0 Å². The van der Waals surface area contributed by atoms with Crippen LogP contribution in [0.5, 0.6) is 0 Å². The molecule has 0 aromatic rings. The number of carbonyl (C=O) groups excluding carboxylic acids is 6. The van der Waals surface area contributed by atoms with Crippen LogP contribution in [0.3, 0.4) is 0 Å². The van der Waals surface area contributed by atoms with Crippen molar-refractivity contribution in [1.82, 2.24) is 0 Å². The molecule has 0 aliphatic carbocycles.